The van der Waals surface area contributed by atoms with Gasteiger partial charge in [0.15, 0.2) is 0 Å². The number of sulfone groups is 1. The molecule has 25 heavy (non-hydrogen) atoms. The molecule has 0 aliphatic heterocycles. The minimum atomic E-state index is -3.39. The molecule has 1 saturated carbocycles. The predicted octanol–water partition coefficient (Wildman–Crippen LogP) is 3.08. The number of rotatable bonds is 9. The summed E-state index contributed by atoms with van der Waals surface area (Å²) in [6.07, 6.45) is 12.0. The van der Waals surface area contributed by atoms with Gasteiger partial charge in [0.05, 0.1) is 5.75 Å². The molecule has 0 amide bonds. The first-order valence-electron chi connectivity index (χ1n) is 8.99. The maximum atomic E-state index is 12.3. The van der Waals surface area contributed by atoms with E-state index in [4.69, 9.17) is 0 Å². The van der Waals surface area contributed by atoms with Crippen molar-refractivity contribution in [1.82, 2.24) is 19.5 Å². The maximum Gasteiger partial charge on any atom is 0.246 e. The minimum absolute atomic E-state index is 0.0722. The molecule has 1 fully saturated rings. The van der Waals surface area contributed by atoms with Crippen LogP contribution in [0.1, 0.15) is 51.4 Å². The van der Waals surface area contributed by atoms with E-state index in [1.807, 2.05) is 12.4 Å². The van der Waals surface area contributed by atoms with Gasteiger partial charge in [0.25, 0.3) is 0 Å². The fraction of sp³-hybridized carbons (Fsp3) is 0.611. The monoisotopic (exact) mass is 362 g/mol. The molecule has 1 aliphatic carbocycles. The molecule has 7 heteroatoms. The maximum absolute atomic E-state index is 12.3. The number of hydrogen-bond acceptors (Lipinski definition) is 5. The lowest BCUT2D eigenvalue weighted by atomic mass is 9.98. The van der Waals surface area contributed by atoms with Crippen LogP contribution < -0.4 is 0 Å². The summed E-state index contributed by atoms with van der Waals surface area (Å²) in [6.45, 7) is 4.37. The van der Waals surface area contributed by atoms with Gasteiger partial charge in [-0.2, -0.15) is 0 Å². The molecule has 1 aliphatic rings. The summed E-state index contributed by atoms with van der Waals surface area (Å²) < 4.78 is 26.8. The highest BCUT2D eigenvalue weighted by Crippen LogP contribution is 2.33. The second kappa shape index (κ2) is 7.64. The second-order valence-electron chi connectivity index (χ2n) is 7.11. The summed E-state index contributed by atoms with van der Waals surface area (Å²) >= 11 is 0. The van der Waals surface area contributed by atoms with Gasteiger partial charge in [-0.15, -0.1) is 0 Å². The van der Waals surface area contributed by atoms with Crippen molar-refractivity contribution in [2.45, 2.75) is 57.1 Å². The molecular weight excluding hydrogens is 336 g/mol. The van der Waals surface area contributed by atoms with Gasteiger partial charge < -0.3 is 4.57 Å². The van der Waals surface area contributed by atoms with Crippen molar-refractivity contribution in [3.05, 3.63) is 36.7 Å². The average Bonchev–Trinajstić information content (AvgIpc) is 3.30. The molecule has 0 aromatic carbocycles. The molecule has 0 radical (unpaired) electrons. The summed E-state index contributed by atoms with van der Waals surface area (Å²) in [5.41, 5.74) is 0. The third-order valence-corrected chi connectivity index (χ3v) is 6.67. The molecule has 2 aromatic rings. The van der Waals surface area contributed by atoms with Crippen LogP contribution in [0.25, 0.3) is 0 Å². The van der Waals surface area contributed by atoms with Crippen molar-refractivity contribution in [2.75, 3.05) is 5.75 Å². The first kappa shape index (κ1) is 18.0. The number of imidazole rings is 1. The molecule has 2 unspecified atom stereocenters. The van der Waals surface area contributed by atoms with Crippen molar-refractivity contribution in [2.24, 2.45) is 11.8 Å². The second-order valence-corrected chi connectivity index (χ2v) is 9.11. The first-order chi connectivity index (χ1) is 12.0. The van der Waals surface area contributed by atoms with Gasteiger partial charge in [-0.1, -0.05) is 6.92 Å². The van der Waals surface area contributed by atoms with Crippen LogP contribution in [0.5, 0.6) is 0 Å². The SMILES string of the molecule is CC(CCCS(=O)(=O)c1ncccn1)C(C)n1ccnc1CC1CC1. The van der Waals surface area contributed by atoms with Crippen molar-refractivity contribution >= 4 is 9.84 Å². The van der Waals surface area contributed by atoms with Gasteiger partial charge in [0.2, 0.25) is 15.0 Å². The van der Waals surface area contributed by atoms with Gasteiger partial charge in [-0.05, 0) is 50.5 Å². The predicted molar refractivity (Wildman–Crippen MR) is 95.8 cm³/mol. The van der Waals surface area contributed by atoms with E-state index in [1.165, 1.54) is 25.2 Å². The van der Waals surface area contributed by atoms with E-state index >= 15 is 0 Å². The highest BCUT2D eigenvalue weighted by atomic mass is 32.2. The highest BCUT2D eigenvalue weighted by Gasteiger charge is 2.25. The molecule has 3 rings (SSSR count). The topological polar surface area (TPSA) is 77.7 Å². The van der Waals surface area contributed by atoms with Crippen LogP contribution in [0.3, 0.4) is 0 Å². The fourth-order valence-electron chi connectivity index (χ4n) is 3.10. The van der Waals surface area contributed by atoms with Crippen LogP contribution in [-0.2, 0) is 16.3 Å². The van der Waals surface area contributed by atoms with E-state index in [2.05, 4.69) is 33.4 Å². The van der Waals surface area contributed by atoms with Crippen molar-refractivity contribution in [3.8, 4) is 0 Å². The van der Waals surface area contributed by atoms with Crippen LogP contribution in [-0.4, -0.2) is 33.7 Å². The van der Waals surface area contributed by atoms with Crippen molar-refractivity contribution < 1.29 is 8.42 Å². The molecule has 0 spiro atoms. The molecule has 2 atom stereocenters. The van der Waals surface area contributed by atoms with Crippen LogP contribution in [0.2, 0.25) is 0 Å². The largest absolute Gasteiger partial charge is 0.332 e. The Bertz CT molecular complexity index is 784. The summed E-state index contributed by atoms with van der Waals surface area (Å²) in [6, 6.07) is 1.93. The van der Waals surface area contributed by atoms with Crippen LogP contribution >= 0.6 is 0 Å². The molecular formula is C18H26N4O2S. The summed E-state index contributed by atoms with van der Waals surface area (Å²) in [7, 11) is -3.39. The third kappa shape index (κ3) is 4.66. The lowest BCUT2D eigenvalue weighted by Gasteiger charge is -2.23. The third-order valence-electron chi connectivity index (χ3n) is 5.07. The molecule has 0 saturated heterocycles. The molecule has 0 N–H and O–H groups in total. The Morgan fingerprint density at radius 1 is 1.16 bits per heavy atom. The van der Waals surface area contributed by atoms with Gasteiger partial charge in [-0.3, -0.25) is 0 Å². The first-order valence-corrected chi connectivity index (χ1v) is 10.6. The van der Waals surface area contributed by atoms with E-state index in [0.717, 1.165) is 24.6 Å². The summed E-state index contributed by atoms with van der Waals surface area (Å²) in [5, 5.41) is -0.0722. The smallest absolute Gasteiger partial charge is 0.246 e. The van der Waals surface area contributed by atoms with Gasteiger partial charge in [0, 0.05) is 37.3 Å². The Morgan fingerprint density at radius 2 is 1.88 bits per heavy atom. The van der Waals surface area contributed by atoms with E-state index < -0.39 is 9.84 Å². The van der Waals surface area contributed by atoms with Crippen LogP contribution in [0.4, 0.5) is 0 Å². The van der Waals surface area contributed by atoms with Gasteiger partial charge >= 0.3 is 0 Å². The lowest BCUT2D eigenvalue weighted by Crippen LogP contribution is -2.18. The normalized spacial score (nSPS) is 17.4. The molecule has 2 aromatic heterocycles. The van der Waals surface area contributed by atoms with Crippen molar-refractivity contribution in [1.29, 1.82) is 0 Å². The lowest BCUT2D eigenvalue weighted by molar-refractivity contribution is 0.347. The Morgan fingerprint density at radius 3 is 2.56 bits per heavy atom. The zero-order valence-corrected chi connectivity index (χ0v) is 15.7. The zero-order valence-electron chi connectivity index (χ0n) is 14.9. The molecule has 0 bridgehead atoms. The Labute approximate surface area is 149 Å². The minimum Gasteiger partial charge on any atom is -0.332 e. The molecule has 2 heterocycles. The Balaban J connectivity index is 1.53. The van der Waals surface area contributed by atoms with Gasteiger partial charge in [-0.25, -0.2) is 23.4 Å². The molecule has 136 valence electrons. The van der Waals surface area contributed by atoms with E-state index in [-0.39, 0.29) is 10.9 Å². The van der Waals surface area contributed by atoms with E-state index in [1.54, 1.807) is 6.07 Å². The van der Waals surface area contributed by atoms with Crippen LogP contribution in [0.15, 0.2) is 36.0 Å². The van der Waals surface area contributed by atoms with Crippen LogP contribution in [0, 0.1) is 11.8 Å². The van der Waals surface area contributed by atoms with Crippen molar-refractivity contribution in [3.63, 3.8) is 0 Å². The summed E-state index contributed by atoms with van der Waals surface area (Å²) in [5.74, 6) is 2.43. The quantitative estimate of drug-likeness (QED) is 0.641. The number of nitrogens with zero attached hydrogens (tertiary/aromatic N) is 4. The summed E-state index contributed by atoms with van der Waals surface area (Å²) in [4.78, 5) is 12.2. The average molecular weight is 362 g/mol. The van der Waals surface area contributed by atoms with E-state index in [9.17, 15) is 8.42 Å². The Hall–Kier alpha value is -1.76. The van der Waals surface area contributed by atoms with E-state index in [0.29, 0.717) is 18.4 Å². The zero-order chi connectivity index (χ0) is 17.9. The highest BCUT2D eigenvalue weighted by molar-refractivity contribution is 7.91. The van der Waals surface area contributed by atoms with Gasteiger partial charge in [0.1, 0.15) is 5.82 Å². The molecule has 6 nitrogen and oxygen atoms in total. The standard InChI is InChI=1S/C18H26N4O2S/c1-14(5-3-12-25(23,24)18-20-8-4-9-21-18)15(2)22-11-10-19-17(22)13-16-6-7-16/h4,8-11,14-16H,3,5-7,12-13H2,1-2H3. The Kier molecular flexibility index (Phi) is 5.51. The number of aromatic nitrogens is 4. The fourth-order valence-corrected chi connectivity index (χ4v) is 4.27. The number of hydrogen-bond donors (Lipinski definition) is 0.